The molecule has 98 valence electrons. The summed E-state index contributed by atoms with van der Waals surface area (Å²) < 4.78 is 0. The molecular formula is C15H23N3. The van der Waals surface area contributed by atoms with Gasteiger partial charge < -0.3 is 5.73 Å². The molecule has 1 atom stereocenters. The van der Waals surface area contributed by atoms with Gasteiger partial charge in [-0.05, 0) is 37.1 Å². The second-order valence-corrected chi connectivity index (χ2v) is 4.80. The lowest BCUT2D eigenvalue weighted by Gasteiger charge is -2.16. The molecule has 0 heterocycles. The highest BCUT2D eigenvalue weighted by atomic mass is 15.2. The van der Waals surface area contributed by atoms with Gasteiger partial charge in [-0.15, -0.1) is 0 Å². The predicted molar refractivity (Wildman–Crippen MR) is 76.3 cm³/mol. The number of allylic oxidation sites excluding steroid dienone is 1. The van der Waals surface area contributed by atoms with E-state index in [2.05, 4.69) is 48.8 Å². The van der Waals surface area contributed by atoms with Gasteiger partial charge in [0, 0.05) is 18.7 Å². The van der Waals surface area contributed by atoms with E-state index < -0.39 is 0 Å². The van der Waals surface area contributed by atoms with Gasteiger partial charge in [0.25, 0.3) is 0 Å². The Labute approximate surface area is 109 Å². The van der Waals surface area contributed by atoms with E-state index >= 15 is 0 Å². The van der Waals surface area contributed by atoms with Crippen LogP contribution in [0.5, 0.6) is 0 Å². The molecule has 0 spiro atoms. The van der Waals surface area contributed by atoms with Crippen LogP contribution in [0, 0.1) is 6.92 Å². The molecule has 0 amide bonds. The van der Waals surface area contributed by atoms with Gasteiger partial charge in [0.15, 0.2) is 0 Å². The zero-order chi connectivity index (χ0) is 13.2. The SMILES string of the molecule is CC/C=C/CNC1(NC)c2cc(CN)cc(C)c21. The Morgan fingerprint density at radius 3 is 2.72 bits per heavy atom. The van der Waals surface area contributed by atoms with E-state index in [-0.39, 0.29) is 5.66 Å². The number of rotatable bonds is 6. The second-order valence-electron chi connectivity index (χ2n) is 4.80. The Bertz CT molecular complexity index is 465. The highest BCUT2D eigenvalue weighted by molar-refractivity contribution is 5.63. The number of aryl methyl sites for hydroxylation is 1. The lowest BCUT2D eigenvalue weighted by atomic mass is 10.1. The molecule has 3 nitrogen and oxygen atoms in total. The number of fused-ring (bicyclic) bond motifs is 1. The Kier molecular flexibility index (Phi) is 3.85. The molecule has 1 aliphatic carbocycles. The minimum absolute atomic E-state index is 0.129. The van der Waals surface area contributed by atoms with Crippen molar-refractivity contribution in [2.24, 2.45) is 5.73 Å². The lowest BCUT2D eigenvalue weighted by Crippen LogP contribution is -2.42. The molecule has 3 heteroatoms. The highest BCUT2D eigenvalue weighted by Crippen LogP contribution is 2.47. The maximum atomic E-state index is 5.73. The smallest absolute Gasteiger partial charge is 0.122 e. The van der Waals surface area contributed by atoms with Crippen molar-refractivity contribution < 1.29 is 0 Å². The van der Waals surface area contributed by atoms with Crippen LogP contribution in [0.15, 0.2) is 24.3 Å². The minimum atomic E-state index is -0.129. The topological polar surface area (TPSA) is 50.1 Å². The predicted octanol–water partition coefficient (Wildman–Crippen LogP) is 1.74. The van der Waals surface area contributed by atoms with Crippen molar-refractivity contribution in [3.05, 3.63) is 46.5 Å². The van der Waals surface area contributed by atoms with Crippen LogP contribution in [-0.4, -0.2) is 13.6 Å². The Hall–Kier alpha value is -1.16. The average molecular weight is 245 g/mol. The first-order valence-corrected chi connectivity index (χ1v) is 6.63. The summed E-state index contributed by atoms with van der Waals surface area (Å²) in [6, 6.07) is 4.39. The molecule has 0 aliphatic heterocycles. The van der Waals surface area contributed by atoms with Crippen LogP contribution < -0.4 is 16.4 Å². The summed E-state index contributed by atoms with van der Waals surface area (Å²) in [5.74, 6) is 0. The quantitative estimate of drug-likeness (QED) is 0.528. The molecule has 0 fully saturated rings. The van der Waals surface area contributed by atoms with Crippen LogP contribution in [0.3, 0.4) is 0 Å². The standard InChI is InChI=1S/C15H23N3/c1-4-5-6-7-18-15(17-3)13-9-12(10-16)8-11(2)14(13)15/h5-6,8-9,17-18H,4,7,10,16H2,1-3H3/b6-5+. The van der Waals surface area contributed by atoms with Crippen LogP contribution >= 0.6 is 0 Å². The number of benzene rings is 1. The van der Waals surface area contributed by atoms with Crippen LogP contribution in [0.1, 0.15) is 35.6 Å². The molecule has 1 unspecified atom stereocenters. The van der Waals surface area contributed by atoms with Gasteiger partial charge in [0.1, 0.15) is 5.66 Å². The summed E-state index contributed by atoms with van der Waals surface area (Å²) in [6.45, 7) is 5.78. The Morgan fingerprint density at radius 2 is 2.11 bits per heavy atom. The Balaban J connectivity index is 2.16. The van der Waals surface area contributed by atoms with E-state index in [1.54, 1.807) is 0 Å². The molecule has 1 aliphatic rings. The van der Waals surface area contributed by atoms with E-state index in [0.717, 1.165) is 13.0 Å². The van der Waals surface area contributed by atoms with Crippen LogP contribution in [0.2, 0.25) is 0 Å². The van der Waals surface area contributed by atoms with Crippen molar-refractivity contribution in [2.75, 3.05) is 13.6 Å². The van der Waals surface area contributed by atoms with Crippen molar-refractivity contribution >= 4 is 0 Å². The van der Waals surface area contributed by atoms with Crippen molar-refractivity contribution in [1.29, 1.82) is 0 Å². The molecule has 0 saturated carbocycles. The third kappa shape index (κ3) is 2.09. The summed E-state index contributed by atoms with van der Waals surface area (Å²) in [4.78, 5) is 0. The number of nitrogens with one attached hydrogen (secondary N) is 2. The fraction of sp³-hybridized carbons (Fsp3) is 0.467. The third-order valence-electron chi connectivity index (χ3n) is 3.61. The molecular weight excluding hydrogens is 222 g/mol. The minimum Gasteiger partial charge on any atom is -0.326 e. The van der Waals surface area contributed by atoms with Crippen molar-refractivity contribution in [3.8, 4) is 0 Å². The van der Waals surface area contributed by atoms with E-state index in [1.165, 1.54) is 22.3 Å². The zero-order valence-corrected chi connectivity index (χ0v) is 11.5. The normalized spacial score (nSPS) is 21.3. The Morgan fingerprint density at radius 1 is 1.33 bits per heavy atom. The van der Waals surface area contributed by atoms with Gasteiger partial charge in [-0.3, -0.25) is 10.6 Å². The van der Waals surface area contributed by atoms with Crippen LogP contribution in [-0.2, 0) is 12.2 Å². The fourth-order valence-corrected chi connectivity index (χ4v) is 2.68. The van der Waals surface area contributed by atoms with Gasteiger partial charge in [-0.2, -0.15) is 0 Å². The van der Waals surface area contributed by atoms with E-state index in [1.807, 2.05) is 7.05 Å². The van der Waals surface area contributed by atoms with Crippen molar-refractivity contribution in [3.63, 3.8) is 0 Å². The second kappa shape index (κ2) is 5.22. The maximum absolute atomic E-state index is 5.73. The molecule has 18 heavy (non-hydrogen) atoms. The summed E-state index contributed by atoms with van der Waals surface area (Å²) in [5, 5.41) is 6.97. The van der Waals surface area contributed by atoms with Crippen molar-refractivity contribution in [2.45, 2.75) is 32.5 Å². The average Bonchev–Trinajstić information content (AvgIpc) is 3.03. The molecule has 0 aromatic heterocycles. The summed E-state index contributed by atoms with van der Waals surface area (Å²) in [6.07, 6.45) is 5.44. The summed E-state index contributed by atoms with van der Waals surface area (Å²) in [7, 11) is 2.00. The summed E-state index contributed by atoms with van der Waals surface area (Å²) >= 11 is 0. The maximum Gasteiger partial charge on any atom is 0.122 e. The van der Waals surface area contributed by atoms with Gasteiger partial charge in [0.05, 0.1) is 0 Å². The summed E-state index contributed by atoms with van der Waals surface area (Å²) in [5.41, 5.74) is 10.8. The molecule has 0 saturated heterocycles. The third-order valence-corrected chi connectivity index (χ3v) is 3.61. The van der Waals surface area contributed by atoms with Crippen molar-refractivity contribution in [1.82, 2.24) is 10.6 Å². The first-order chi connectivity index (χ1) is 8.69. The first kappa shape index (κ1) is 13.3. The number of hydrogen-bond acceptors (Lipinski definition) is 3. The highest BCUT2D eigenvalue weighted by Gasteiger charge is 2.50. The number of hydrogen-bond donors (Lipinski definition) is 3. The van der Waals surface area contributed by atoms with E-state index in [0.29, 0.717) is 6.54 Å². The monoisotopic (exact) mass is 245 g/mol. The van der Waals surface area contributed by atoms with Crippen LogP contribution in [0.25, 0.3) is 0 Å². The fourth-order valence-electron chi connectivity index (χ4n) is 2.68. The van der Waals surface area contributed by atoms with Gasteiger partial charge >= 0.3 is 0 Å². The molecule has 0 bridgehead atoms. The number of nitrogens with two attached hydrogens (primary N) is 1. The molecule has 1 aromatic rings. The van der Waals surface area contributed by atoms with E-state index in [9.17, 15) is 0 Å². The molecule has 1 aromatic carbocycles. The largest absolute Gasteiger partial charge is 0.326 e. The first-order valence-electron chi connectivity index (χ1n) is 6.63. The molecule has 2 rings (SSSR count). The molecule has 4 N–H and O–H groups in total. The van der Waals surface area contributed by atoms with Gasteiger partial charge in [-0.25, -0.2) is 0 Å². The van der Waals surface area contributed by atoms with Gasteiger partial charge in [0.2, 0.25) is 0 Å². The lowest BCUT2D eigenvalue weighted by molar-refractivity contribution is 0.440. The van der Waals surface area contributed by atoms with Gasteiger partial charge in [-0.1, -0.05) is 31.2 Å². The van der Waals surface area contributed by atoms with Crippen LogP contribution in [0.4, 0.5) is 0 Å². The van der Waals surface area contributed by atoms with E-state index in [4.69, 9.17) is 5.73 Å². The molecule has 0 radical (unpaired) electrons. The zero-order valence-electron chi connectivity index (χ0n) is 11.5.